The molecule has 4 heteroatoms. The highest BCUT2D eigenvalue weighted by Gasteiger charge is 2.08. The van der Waals surface area contributed by atoms with Crippen molar-refractivity contribution in [1.82, 2.24) is 14.6 Å². The van der Waals surface area contributed by atoms with Crippen LogP contribution in [0.25, 0.3) is 5.65 Å². The lowest BCUT2D eigenvalue weighted by molar-refractivity contribution is 0.749. The zero-order valence-corrected chi connectivity index (χ0v) is 9.69. The summed E-state index contributed by atoms with van der Waals surface area (Å²) < 4.78 is 3.01. The summed E-state index contributed by atoms with van der Waals surface area (Å²) in [4.78, 5) is 4.28. The van der Waals surface area contributed by atoms with Crippen molar-refractivity contribution < 1.29 is 0 Å². The zero-order chi connectivity index (χ0) is 9.42. The van der Waals surface area contributed by atoms with Gasteiger partial charge in [0.2, 0.25) is 0 Å². The van der Waals surface area contributed by atoms with Gasteiger partial charge in [-0.1, -0.05) is 13.8 Å². The van der Waals surface area contributed by atoms with Crippen LogP contribution in [-0.4, -0.2) is 14.6 Å². The van der Waals surface area contributed by atoms with E-state index < -0.39 is 0 Å². The summed E-state index contributed by atoms with van der Waals surface area (Å²) in [5.74, 6) is 0.473. The molecule has 0 aliphatic carbocycles. The van der Waals surface area contributed by atoms with Crippen molar-refractivity contribution in [1.29, 1.82) is 0 Å². The van der Waals surface area contributed by atoms with Gasteiger partial charge in [0.25, 0.3) is 0 Å². The van der Waals surface area contributed by atoms with Gasteiger partial charge < -0.3 is 0 Å². The largest absolute Gasteiger partial charge is 0.236 e. The summed E-state index contributed by atoms with van der Waals surface area (Å²) in [5.41, 5.74) is 2.15. The average molecular weight is 287 g/mol. The Morgan fingerprint density at radius 1 is 1.46 bits per heavy atom. The number of halogens is 1. The van der Waals surface area contributed by atoms with Crippen LogP contribution in [0.5, 0.6) is 0 Å². The predicted molar refractivity (Wildman–Crippen MR) is 59.8 cm³/mol. The molecular formula is C9H10IN3. The normalized spacial score (nSPS) is 11.4. The summed E-state index contributed by atoms with van der Waals surface area (Å²) in [6.07, 6.45) is 3.68. The SMILES string of the molecule is CC(C)c1ccnc2c(I)cnn12. The smallest absolute Gasteiger partial charge is 0.168 e. The molecule has 0 spiro atoms. The lowest BCUT2D eigenvalue weighted by atomic mass is 10.1. The van der Waals surface area contributed by atoms with E-state index >= 15 is 0 Å². The lowest BCUT2D eigenvalue weighted by Gasteiger charge is -2.06. The third-order valence-electron chi connectivity index (χ3n) is 1.98. The molecular weight excluding hydrogens is 277 g/mol. The van der Waals surface area contributed by atoms with Crippen LogP contribution in [0, 0.1) is 3.57 Å². The lowest BCUT2D eigenvalue weighted by Crippen LogP contribution is -2.01. The maximum absolute atomic E-state index is 4.29. The van der Waals surface area contributed by atoms with Crippen molar-refractivity contribution in [3.05, 3.63) is 27.7 Å². The fraction of sp³-hybridized carbons (Fsp3) is 0.333. The molecule has 0 amide bonds. The Morgan fingerprint density at radius 2 is 2.23 bits per heavy atom. The van der Waals surface area contributed by atoms with Gasteiger partial charge in [-0.2, -0.15) is 5.10 Å². The molecule has 0 aliphatic rings. The zero-order valence-electron chi connectivity index (χ0n) is 7.53. The second-order valence-corrected chi connectivity index (χ2v) is 4.41. The van der Waals surface area contributed by atoms with Gasteiger partial charge in [-0.3, -0.25) is 0 Å². The first-order chi connectivity index (χ1) is 6.20. The molecule has 68 valence electrons. The molecule has 2 aromatic heterocycles. The van der Waals surface area contributed by atoms with Crippen LogP contribution < -0.4 is 0 Å². The molecule has 0 fully saturated rings. The predicted octanol–water partition coefficient (Wildman–Crippen LogP) is 2.46. The highest BCUT2D eigenvalue weighted by molar-refractivity contribution is 14.1. The standard InChI is InChI=1S/C9H10IN3/c1-6(2)8-3-4-11-9-7(10)5-12-13(8)9/h3-6H,1-2H3. The Hall–Kier alpha value is -0.650. The summed E-state index contributed by atoms with van der Waals surface area (Å²) in [5, 5.41) is 4.29. The van der Waals surface area contributed by atoms with E-state index in [4.69, 9.17) is 0 Å². The van der Waals surface area contributed by atoms with Gasteiger partial charge in [0.15, 0.2) is 5.65 Å². The number of rotatable bonds is 1. The van der Waals surface area contributed by atoms with Crippen LogP contribution in [-0.2, 0) is 0 Å². The number of hydrogen-bond acceptors (Lipinski definition) is 2. The maximum Gasteiger partial charge on any atom is 0.168 e. The summed E-state index contributed by atoms with van der Waals surface area (Å²) >= 11 is 2.25. The maximum atomic E-state index is 4.29. The van der Waals surface area contributed by atoms with Gasteiger partial charge in [-0.15, -0.1) is 0 Å². The third kappa shape index (κ3) is 1.43. The molecule has 0 saturated heterocycles. The van der Waals surface area contributed by atoms with Crippen molar-refractivity contribution in [2.24, 2.45) is 0 Å². The number of fused-ring (bicyclic) bond motifs is 1. The molecule has 0 radical (unpaired) electrons. The molecule has 0 aromatic carbocycles. The number of hydrogen-bond donors (Lipinski definition) is 0. The van der Waals surface area contributed by atoms with Crippen molar-refractivity contribution in [2.75, 3.05) is 0 Å². The molecule has 13 heavy (non-hydrogen) atoms. The third-order valence-corrected chi connectivity index (χ3v) is 2.74. The van der Waals surface area contributed by atoms with Gasteiger partial charge in [0.05, 0.1) is 9.77 Å². The van der Waals surface area contributed by atoms with E-state index in [0.29, 0.717) is 5.92 Å². The molecule has 0 atom stereocenters. The van der Waals surface area contributed by atoms with E-state index in [1.54, 1.807) is 0 Å². The monoisotopic (exact) mass is 287 g/mol. The minimum atomic E-state index is 0.473. The number of nitrogens with zero attached hydrogens (tertiary/aromatic N) is 3. The second-order valence-electron chi connectivity index (χ2n) is 3.25. The fourth-order valence-corrected chi connectivity index (χ4v) is 1.81. The Bertz CT molecular complexity index is 433. The minimum Gasteiger partial charge on any atom is -0.236 e. The highest BCUT2D eigenvalue weighted by atomic mass is 127. The summed E-state index contributed by atoms with van der Waals surface area (Å²) in [7, 11) is 0. The van der Waals surface area contributed by atoms with Crippen LogP contribution in [0.3, 0.4) is 0 Å². The quantitative estimate of drug-likeness (QED) is 0.754. The Morgan fingerprint density at radius 3 is 2.92 bits per heavy atom. The van der Waals surface area contributed by atoms with Crippen LogP contribution in [0.4, 0.5) is 0 Å². The van der Waals surface area contributed by atoms with Crippen molar-refractivity contribution in [2.45, 2.75) is 19.8 Å². The second kappa shape index (κ2) is 3.25. The number of aromatic nitrogens is 3. The first-order valence-corrected chi connectivity index (χ1v) is 5.26. The Balaban J connectivity index is 2.77. The molecule has 0 bridgehead atoms. The molecule has 3 nitrogen and oxygen atoms in total. The first-order valence-electron chi connectivity index (χ1n) is 4.18. The van der Waals surface area contributed by atoms with Gasteiger partial charge in [-0.25, -0.2) is 9.50 Å². The Kier molecular flexibility index (Phi) is 2.23. The summed E-state index contributed by atoms with van der Waals surface area (Å²) in [6.45, 7) is 4.31. The van der Waals surface area contributed by atoms with Crippen molar-refractivity contribution in [3.63, 3.8) is 0 Å². The molecule has 0 aliphatic heterocycles. The molecule has 0 unspecified atom stereocenters. The molecule has 2 heterocycles. The van der Waals surface area contributed by atoms with E-state index in [9.17, 15) is 0 Å². The highest BCUT2D eigenvalue weighted by Crippen LogP contribution is 2.17. The Labute approximate surface area is 90.3 Å². The summed E-state index contributed by atoms with van der Waals surface area (Å²) in [6, 6.07) is 2.01. The fourth-order valence-electron chi connectivity index (χ4n) is 1.32. The van der Waals surface area contributed by atoms with E-state index in [1.807, 2.05) is 23.0 Å². The van der Waals surface area contributed by atoms with Crippen LogP contribution in [0.2, 0.25) is 0 Å². The van der Waals surface area contributed by atoms with Crippen molar-refractivity contribution in [3.8, 4) is 0 Å². The van der Waals surface area contributed by atoms with Crippen LogP contribution >= 0.6 is 22.6 Å². The minimum absolute atomic E-state index is 0.473. The van der Waals surface area contributed by atoms with E-state index in [2.05, 4.69) is 46.5 Å². The topological polar surface area (TPSA) is 30.2 Å². The van der Waals surface area contributed by atoms with E-state index in [0.717, 1.165) is 9.22 Å². The molecule has 2 aromatic rings. The van der Waals surface area contributed by atoms with Crippen molar-refractivity contribution >= 4 is 28.2 Å². The average Bonchev–Trinajstić information content (AvgIpc) is 2.48. The molecule has 0 saturated carbocycles. The first kappa shape index (κ1) is 8.93. The molecule has 0 N–H and O–H groups in total. The van der Waals surface area contributed by atoms with E-state index in [-0.39, 0.29) is 0 Å². The van der Waals surface area contributed by atoms with Gasteiger partial charge in [-0.05, 0) is 34.6 Å². The van der Waals surface area contributed by atoms with Crippen LogP contribution in [0.15, 0.2) is 18.5 Å². The van der Waals surface area contributed by atoms with Gasteiger partial charge in [0.1, 0.15) is 0 Å². The van der Waals surface area contributed by atoms with E-state index in [1.165, 1.54) is 5.69 Å². The molecule has 2 rings (SSSR count). The van der Waals surface area contributed by atoms with Gasteiger partial charge in [0, 0.05) is 11.9 Å². The van der Waals surface area contributed by atoms with Gasteiger partial charge >= 0.3 is 0 Å². The van der Waals surface area contributed by atoms with Crippen LogP contribution in [0.1, 0.15) is 25.5 Å².